The van der Waals surface area contributed by atoms with E-state index in [2.05, 4.69) is 56.2 Å². The Balaban J connectivity index is 1.27. The van der Waals surface area contributed by atoms with E-state index in [1.165, 1.54) is 23.8 Å². The third kappa shape index (κ3) is 3.98. The van der Waals surface area contributed by atoms with Crippen molar-refractivity contribution in [2.24, 2.45) is 5.41 Å². The molecule has 3 aromatic heterocycles. The Labute approximate surface area is 219 Å². The molecule has 8 nitrogen and oxygen atoms in total. The highest BCUT2D eigenvalue weighted by molar-refractivity contribution is 14.1. The van der Waals surface area contributed by atoms with Gasteiger partial charge in [0.1, 0.15) is 0 Å². The number of aromatic nitrogens is 3. The minimum absolute atomic E-state index is 0.00146. The Morgan fingerprint density at radius 2 is 2.14 bits per heavy atom. The maximum absolute atomic E-state index is 13.2. The zero-order valence-electron chi connectivity index (χ0n) is 18.7. The van der Waals surface area contributed by atoms with E-state index in [1.807, 2.05) is 17.0 Å². The summed E-state index contributed by atoms with van der Waals surface area (Å²) in [5.74, 6) is 0.987. The van der Waals surface area contributed by atoms with Crippen molar-refractivity contribution in [2.45, 2.75) is 25.3 Å². The number of carbonyl (C=O) groups is 2. The maximum atomic E-state index is 13.2. The first kappa shape index (κ1) is 22.5. The number of rotatable bonds is 5. The Morgan fingerprint density at radius 3 is 2.91 bits per heavy atom. The van der Waals surface area contributed by atoms with E-state index in [0.29, 0.717) is 16.6 Å². The molecule has 0 unspecified atom stereocenters. The Kier molecular flexibility index (Phi) is 5.52. The van der Waals surface area contributed by atoms with Crippen LogP contribution in [0.1, 0.15) is 35.0 Å². The van der Waals surface area contributed by atoms with Crippen molar-refractivity contribution in [3.63, 3.8) is 0 Å². The first-order chi connectivity index (χ1) is 16.9. The number of hydrogen-bond acceptors (Lipinski definition) is 6. The van der Waals surface area contributed by atoms with Crippen molar-refractivity contribution in [3.8, 4) is 10.6 Å². The summed E-state index contributed by atoms with van der Waals surface area (Å²) in [5, 5.41) is 3.06. The van der Waals surface area contributed by atoms with Crippen LogP contribution in [0.25, 0.3) is 21.7 Å². The van der Waals surface area contributed by atoms with Crippen molar-refractivity contribution in [2.75, 3.05) is 18.4 Å². The third-order valence-corrected chi connectivity index (χ3v) is 8.78. The van der Waals surface area contributed by atoms with Gasteiger partial charge in [0.2, 0.25) is 11.9 Å². The van der Waals surface area contributed by atoms with Gasteiger partial charge in [-0.2, -0.15) is 0 Å². The van der Waals surface area contributed by atoms with Gasteiger partial charge in [-0.05, 0) is 83.7 Å². The molecule has 1 N–H and O–H groups in total. The number of thiophene rings is 1. The van der Waals surface area contributed by atoms with Gasteiger partial charge < -0.3 is 13.9 Å². The fraction of sp³-hybridized carbons (Fsp3) is 0.280. The Bertz CT molecular complexity index is 1450. The smallest absolute Gasteiger partial charge is 0.268 e. The van der Waals surface area contributed by atoms with Crippen LogP contribution in [-0.2, 0) is 4.79 Å². The molecule has 4 heterocycles. The first-order valence-corrected chi connectivity index (χ1v) is 13.2. The van der Waals surface area contributed by atoms with E-state index in [4.69, 9.17) is 9.40 Å². The second-order valence-electron chi connectivity index (χ2n) is 9.20. The van der Waals surface area contributed by atoms with Crippen LogP contribution in [0.5, 0.6) is 0 Å². The summed E-state index contributed by atoms with van der Waals surface area (Å²) in [5.41, 5.74) is 1.99. The van der Waals surface area contributed by atoms with Gasteiger partial charge in [-0.3, -0.25) is 14.9 Å². The average molecular weight is 599 g/mol. The normalized spacial score (nSPS) is 21.4. The monoisotopic (exact) mass is 599 g/mol. The molecular formula is C25H22IN5O3S. The van der Waals surface area contributed by atoms with Crippen LogP contribution in [0, 0.1) is 8.99 Å². The SMILES string of the molecule is C=CC(=O)N1CCC2(CC(n3c(NC(=O)c4ccc(-c5cnco5)s4)nc4cc(I)ccc43)C2)C1. The number of fused-ring (bicyclic) bond motifs is 1. The minimum atomic E-state index is -0.204. The van der Waals surface area contributed by atoms with Crippen LogP contribution < -0.4 is 5.32 Å². The second kappa shape index (κ2) is 8.59. The predicted octanol–water partition coefficient (Wildman–Crippen LogP) is 5.35. The lowest BCUT2D eigenvalue weighted by Crippen LogP contribution is -2.42. The molecule has 0 atom stereocenters. The molecule has 2 amide bonds. The van der Waals surface area contributed by atoms with Crippen molar-refractivity contribution >= 4 is 62.7 Å². The number of amides is 2. The summed E-state index contributed by atoms with van der Waals surface area (Å²) in [4.78, 5) is 37.3. The van der Waals surface area contributed by atoms with Crippen LogP contribution in [0.15, 0.2) is 60.0 Å². The van der Waals surface area contributed by atoms with E-state index in [-0.39, 0.29) is 23.3 Å². The molecule has 1 aliphatic heterocycles. The van der Waals surface area contributed by atoms with Gasteiger partial charge in [-0.1, -0.05) is 6.58 Å². The number of likely N-dealkylation sites (tertiary alicyclic amines) is 1. The van der Waals surface area contributed by atoms with Crippen molar-refractivity contribution < 1.29 is 14.0 Å². The molecule has 2 fully saturated rings. The summed E-state index contributed by atoms with van der Waals surface area (Å²) in [6.07, 6.45) is 7.29. The van der Waals surface area contributed by atoms with E-state index >= 15 is 0 Å². The second-order valence-corrected chi connectivity index (χ2v) is 11.5. The summed E-state index contributed by atoms with van der Waals surface area (Å²) in [7, 11) is 0. The fourth-order valence-corrected chi connectivity index (χ4v) is 6.66. The van der Waals surface area contributed by atoms with Crippen molar-refractivity contribution in [1.82, 2.24) is 19.4 Å². The highest BCUT2D eigenvalue weighted by Gasteiger charge is 2.50. The molecule has 178 valence electrons. The number of anilines is 1. The van der Waals surface area contributed by atoms with Crippen LogP contribution in [0.2, 0.25) is 0 Å². The lowest BCUT2D eigenvalue weighted by molar-refractivity contribution is -0.125. The molecule has 35 heavy (non-hydrogen) atoms. The van der Waals surface area contributed by atoms with E-state index < -0.39 is 0 Å². The molecule has 6 rings (SSSR count). The topological polar surface area (TPSA) is 93.3 Å². The standard InChI is InChI=1S/C25H22IN5O3S/c1-2-22(32)30-8-7-25(13-30)10-16(11-25)31-18-4-3-15(26)9-17(18)28-24(31)29-23(33)21-6-5-20(35-21)19-12-27-14-34-19/h2-6,9,12,14,16H,1,7-8,10-11,13H2,(H,28,29,33). The fourth-order valence-electron chi connectivity index (χ4n) is 5.33. The van der Waals surface area contributed by atoms with Crippen molar-refractivity contribution in [1.29, 1.82) is 0 Å². The molecule has 1 aliphatic carbocycles. The zero-order valence-corrected chi connectivity index (χ0v) is 21.7. The lowest BCUT2D eigenvalue weighted by Gasteiger charge is -2.46. The molecule has 0 radical (unpaired) electrons. The number of hydrogen-bond donors (Lipinski definition) is 1. The molecular weight excluding hydrogens is 577 g/mol. The highest BCUT2D eigenvalue weighted by Crippen LogP contribution is 2.55. The summed E-state index contributed by atoms with van der Waals surface area (Å²) in [6, 6.07) is 10.0. The quantitative estimate of drug-likeness (QED) is 0.247. The predicted molar refractivity (Wildman–Crippen MR) is 142 cm³/mol. The van der Waals surface area contributed by atoms with E-state index in [0.717, 1.165) is 51.8 Å². The summed E-state index contributed by atoms with van der Waals surface area (Å²) < 4.78 is 8.60. The van der Waals surface area contributed by atoms with Gasteiger partial charge in [0.05, 0.1) is 27.0 Å². The van der Waals surface area contributed by atoms with Gasteiger partial charge in [0.25, 0.3) is 5.91 Å². The van der Waals surface area contributed by atoms with E-state index in [9.17, 15) is 9.59 Å². The number of benzene rings is 1. The number of nitrogens with zero attached hydrogens (tertiary/aromatic N) is 4. The number of nitrogens with one attached hydrogen (secondary N) is 1. The zero-order chi connectivity index (χ0) is 24.2. The van der Waals surface area contributed by atoms with Crippen LogP contribution >= 0.6 is 33.9 Å². The van der Waals surface area contributed by atoms with E-state index in [1.54, 1.807) is 12.3 Å². The molecule has 0 bridgehead atoms. The van der Waals surface area contributed by atoms with Gasteiger partial charge in [0, 0.05) is 22.7 Å². The lowest BCUT2D eigenvalue weighted by atomic mass is 9.65. The molecule has 1 saturated heterocycles. The van der Waals surface area contributed by atoms with Crippen LogP contribution in [0.4, 0.5) is 5.95 Å². The number of carbonyl (C=O) groups excluding carboxylic acids is 2. The molecule has 1 saturated carbocycles. The van der Waals surface area contributed by atoms with Gasteiger partial charge in [-0.25, -0.2) is 9.97 Å². The average Bonchev–Trinajstić information content (AvgIpc) is 3.62. The maximum Gasteiger partial charge on any atom is 0.268 e. The Hall–Kier alpha value is -2.99. The molecule has 10 heteroatoms. The number of imidazole rings is 1. The van der Waals surface area contributed by atoms with Gasteiger partial charge in [-0.15, -0.1) is 11.3 Å². The molecule has 4 aromatic rings. The first-order valence-electron chi connectivity index (χ1n) is 11.3. The number of halogens is 1. The van der Waals surface area contributed by atoms with Crippen LogP contribution in [-0.4, -0.2) is 44.3 Å². The Morgan fingerprint density at radius 1 is 1.29 bits per heavy atom. The van der Waals surface area contributed by atoms with Gasteiger partial charge in [0.15, 0.2) is 12.2 Å². The van der Waals surface area contributed by atoms with Crippen molar-refractivity contribution in [3.05, 3.63) is 64.0 Å². The minimum Gasteiger partial charge on any atom is -0.443 e. The summed E-state index contributed by atoms with van der Waals surface area (Å²) in [6.45, 7) is 5.16. The van der Waals surface area contributed by atoms with Gasteiger partial charge >= 0.3 is 0 Å². The largest absolute Gasteiger partial charge is 0.443 e. The third-order valence-electron chi connectivity index (χ3n) is 7.01. The number of oxazole rings is 1. The summed E-state index contributed by atoms with van der Waals surface area (Å²) >= 11 is 3.63. The highest BCUT2D eigenvalue weighted by atomic mass is 127. The van der Waals surface area contributed by atoms with Crippen LogP contribution in [0.3, 0.4) is 0 Å². The molecule has 1 spiro atoms. The molecule has 2 aliphatic rings. The molecule has 1 aromatic carbocycles.